The SMILES string of the molecule is O=C(CSc1nnc2ccccn12)N1N=C(c2ccc(Cl)cc2)C[C@H]1c1ccco1. The van der Waals surface area contributed by atoms with E-state index in [0.717, 1.165) is 16.9 Å². The van der Waals surface area contributed by atoms with Crippen molar-refractivity contribution in [2.45, 2.75) is 17.6 Å². The number of benzene rings is 1. The van der Waals surface area contributed by atoms with Crippen LogP contribution in [0.4, 0.5) is 0 Å². The summed E-state index contributed by atoms with van der Waals surface area (Å²) < 4.78 is 7.44. The van der Waals surface area contributed by atoms with E-state index in [1.54, 1.807) is 6.26 Å². The van der Waals surface area contributed by atoms with Crippen LogP contribution < -0.4 is 0 Å². The van der Waals surface area contributed by atoms with Gasteiger partial charge in [-0.05, 0) is 42.0 Å². The highest BCUT2D eigenvalue weighted by atomic mass is 35.5. The summed E-state index contributed by atoms with van der Waals surface area (Å²) in [5.41, 5.74) is 2.49. The molecule has 1 aliphatic rings. The van der Waals surface area contributed by atoms with Gasteiger partial charge in [-0.1, -0.05) is 41.6 Å². The third-order valence-corrected chi connectivity index (χ3v) is 6.00. The van der Waals surface area contributed by atoms with E-state index in [9.17, 15) is 4.79 Å². The molecule has 0 aliphatic carbocycles. The smallest absolute Gasteiger partial charge is 0.253 e. The van der Waals surface area contributed by atoms with E-state index in [4.69, 9.17) is 16.0 Å². The second-order valence-corrected chi connectivity index (χ2v) is 8.11. The van der Waals surface area contributed by atoms with E-state index in [1.807, 2.05) is 65.2 Å². The first kappa shape index (κ1) is 18.9. The van der Waals surface area contributed by atoms with Crippen molar-refractivity contribution in [1.82, 2.24) is 19.6 Å². The number of carbonyl (C=O) groups excluding carboxylic acids is 1. The number of furan rings is 1. The van der Waals surface area contributed by atoms with Crippen LogP contribution >= 0.6 is 23.4 Å². The lowest BCUT2D eigenvalue weighted by Gasteiger charge is -2.19. The minimum atomic E-state index is -0.283. The van der Waals surface area contributed by atoms with Crippen molar-refractivity contribution in [3.8, 4) is 0 Å². The van der Waals surface area contributed by atoms with Crippen LogP contribution in [0.3, 0.4) is 0 Å². The summed E-state index contributed by atoms with van der Waals surface area (Å²) in [6.07, 6.45) is 4.05. The van der Waals surface area contributed by atoms with E-state index in [-0.39, 0.29) is 17.7 Å². The summed E-state index contributed by atoms with van der Waals surface area (Å²) in [7, 11) is 0. The molecule has 0 saturated heterocycles. The number of pyridine rings is 1. The Morgan fingerprint density at radius 1 is 1.13 bits per heavy atom. The Bertz CT molecular complexity index is 1220. The zero-order valence-corrected chi connectivity index (χ0v) is 17.3. The van der Waals surface area contributed by atoms with Crippen LogP contribution in [0.15, 0.2) is 81.7 Å². The van der Waals surface area contributed by atoms with E-state index in [0.29, 0.717) is 22.4 Å². The molecule has 0 spiro atoms. The maximum Gasteiger partial charge on any atom is 0.253 e. The molecule has 3 aromatic heterocycles. The van der Waals surface area contributed by atoms with Crippen LogP contribution in [-0.2, 0) is 4.79 Å². The van der Waals surface area contributed by atoms with Crippen LogP contribution in [-0.4, -0.2) is 37.0 Å². The van der Waals surface area contributed by atoms with Crippen LogP contribution in [0.2, 0.25) is 5.02 Å². The third-order valence-electron chi connectivity index (χ3n) is 4.82. The average molecular weight is 438 g/mol. The van der Waals surface area contributed by atoms with E-state index in [2.05, 4.69) is 15.3 Å². The highest BCUT2D eigenvalue weighted by Crippen LogP contribution is 2.34. The molecule has 0 radical (unpaired) electrons. The summed E-state index contributed by atoms with van der Waals surface area (Å²) >= 11 is 7.33. The molecule has 0 fully saturated rings. The van der Waals surface area contributed by atoms with Crippen LogP contribution in [0.5, 0.6) is 0 Å². The Balaban J connectivity index is 1.38. The lowest BCUT2D eigenvalue weighted by molar-refractivity contribution is -0.130. The molecule has 0 saturated carbocycles. The molecule has 30 heavy (non-hydrogen) atoms. The van der Waals surface area contributed by atoms with Gasteiger partial charge < -0.3 is 4.42 Å². The van der Waals surface area contributed by atoms with Gasteiger partial charge in [0, 0.05) is 17.6 Å². The maximum atomic E-state index is 13.1. The van der Waals surface area contributed by atoms with Gasteiger partial charge in [0.1, 0.15) is 11.8 Å². The van der Waals surface area contributed by atoms with Crippen molar-refractivity contribution < 1.29 is 9.21 Å². The van der Waals surface area contributed by atoms with Gasteiger partial charge in [0.25, 0.3) is 5.91 Å². The number of nitrogens with zero attached hydrogens (tertiary/aromatic N) is 5. The lowest BCUT2D eigenvalue weighted by atomic mass is 10.0. The van der Waals surface area contributed by atoms with Gasteiger partial charge in [-0.2, -0.15) is 5.10 Å². The molecular formula is C21H16ClN5O2S. The maximum absolute atomic E-state index is 13.1. The van der Waals surface area contributed by atoms with Gasteiger partial charge in [0.05, 0.1) is 17.7 Å². The predicted molar refractivity (Wildman–Crippen MR) is 115 cm³/mol. The van der Waals surface area contributed by atoms with Gasteiger partial charge in [0.2, 0.25) is 0 Å². The summed E-state index contributed by atoms with van der Waals surface area (Å²) in [6, 6.07) is 16.5. The largest absolute Gasteiger partial charge is 0.467 e. The standard InChI is InChI=1S/C21H16ClN5O2S/c22-15-8-6-14(7-9-15)16-12-17(18-4-3-11-29-18)27(25-16)20(28)13-30-21-24-23-19-5-1-2-10-26(19)21/h1-11,17H,12-13H2/t17-/m0/s1. The Labute approximate surface area is 181 Å². The van der Waals surface area contributed by atoms with Crippen LogP contribution in [0, 0.1) is 0 Å². The second kappa shape index (κ2) is 7.97. The van der Waals surface area contributed by atoms with Gasteiger partial charge in [0.15, 0.2) is 10.8 Å². The fraction of sp³-hybridized carbons (Fsp3) is 0.143. The topological polar surface area (TPSA) is 76.0 Å². The Hall–Kier alpha value is -3.10. The Morgan fingerprint density at radius 3 is 2.80 bits per heavy atom. The van der Waals surface area contributed by atoms with Crippen molar-refractivity contribution in [3.63, 3.8) is 0 Å². The van der Waals surface area contributed by atoms with E-state index >= 15 is 0 Å². The van der Waals surface area contributed by atoms with Crippen molar-refractivity contribution in [1.29, 1.82) is 0 Å². The predicted octanol–water partition coefficient (Wildman–Crippen LogP) is 4.45. The Morgan fingerprint density at radius 2 is 2.00 bits per heavy atom. The fourth-order valence-corrected chi connectivity index (χ4v) is 4.27. The molecule has 4 aromatic rings. The van der Waals surface area contributed by atoms with Crippen LogP contribution in [0.1, 0.15) is 23.8 Å². The van der Waals surface area contributed by atoms with E-state index in [1.165, 1.54) is 16.8 Å². The Kier molecular flexibility index (Phi) is 5.02. The first-order valence-corrected chi connectivity index (χ1v) is 10.7. The van der Waals surface area contributed by atoms with Crippen molar-refractivity contribution in [2.24, 2.45) is 5.10 Å². The molecule has 4 heterocycles. The van der Waals surface area contributed by atoms with Crippen molar-refractivity contribution in [3.05, 3.63) is 83.4 Å². The third kappa shape index (κ3) is 3.59. The number of aromatic nitrogens is 3. The highest BCUT2D eigenvalue weighted by molar-refractivity contribution is 7.99. The molecule has 150 valence electrons. The molecule has 1 amide bonds. The number of hydrazone groups is 1. The first-order valence-electron chi connectivity index (χ1n) is 9.30. The molecule has 0 unspecified atom stereocenters. The average Bonchev–Trinajstić information content (AvgIpc) is 3.51. The van der Waals surface area contributed by atoms with Gasteiger partial charge >= 0.3 is 0 Å². The molecule has 0 N–H and O–H groups in total. The molecule has 1 atom stereocenters. The lowest BCUT2D eigenvalue weighted by Crippen LogP contribution is -2.28. The quantitative estimate of drug-likeness (QED) is 0.431. The number of carbonyl (C=O) groups is 1. The monoisotopic (exact) mass is 437 g/mol. The fourth-order valence-electron chi connectivity index (χ4n) is 3.37. The molecular weight excluding hydrogens is 422 g/mol. The molecule has 1 aliphatic heterocycles. The summed E-state index contributed by atoms with van der Waals surface area (Å²) in [5.74, 6) is 0.761. The molecule has 5 rings (SSSR count). The van der Waals surface area contributed by atoms with Crippen LogP contribution in [0.25, 0.3) is 5.65 Å². The highest BCUT2D eigenvalue weighted by Gasteiger charge is 2.34. The first-order chi connectivity index (χ1) is 14.7. The minimum absolute atomic E-state index is 0.127. The zero-order chi connectivity index (χ0) is 20.5. The summed E-state index contributed by atoms with van der Waals surface area (Å²) in [4.78, 5) is 13.1. The van der Waals surface area contributed by atoms with E-state index < -0.39 is 0 Å². The second-order valence-electron chi connectivity index (χ2n) is 6.73. The molecule has 0 bridgehead atoms. The number of halogens is 1. The normalized spacial score (nSPS) is 16.2. The number of hydrogen-bond acceptors (Lipinski definition) is 6. The van der Waals surface area contributed by atoms with Gasteiger partial charge in [-0.15, -0.1) is 10.2 Å². The zero-order valence-electron chi connectivity index (χ0n) is 15.7. The molecule has 1 aromatic carbocycles. The van der Waals surface area contributed by atoms with Crippen molar-refractivity contribution >= 4 is 40.6 Å². The van der Waals surface area contributed by atoms with Crippen molar-refractivity contribution in [2.75, 3.05) is 5.75 Å². The number of thioether (sulfide) groups is 1. The summed E-state index contributed by atoms with van der Waals surface area (Å²) in [5, 5.41) is 15.8. The summed E-state index contributed by atoms with van der Waals surface area (Å²) in [6.45, 7) is 0. The number of rotatable bonds is 5. The molecule has 9 heteroatoms. The number of fused-ring (bicyclic) bond motifs is 1. The molecule has 7 nitrogen and oxygen atoms in total. The van der Waals surface area contributed by atoms with Gasteiger partial charge in [-0.25, -0.2) is 5.01 Å². The minimum Gasteiger partial charge on any atom is -0.467 e. The number of amides is 1. The number of hydrogen-bond donors (Lipinski definition) is 0. The van der Waals surface area contributed by atoms with Gasteiger partial charge in [-0.3, -0.25) is 9.20 Å².